The lowest BCUT2D eigenvalue weighted by molar-refractivity contribution is -0.142. The second kappa shape index (κ2) is 16.0. The monoisotopic (exact) mass is 647 g/mol. The highest BCUT2D eigenvalue weighted by Gasteiger charge is 2.35. The highest BCUT2D eigenvalue weighted by molar-refractivity contribution is 5.98. The largest absolute Gasteiger partial charge is 0.354 e. The summed E-state index contributed by atoms with van der Waals surface area (Å²) in [7, 11) is 5.48. The van der Waals surface area contributed by atoms with Crippen LogP contribution in [0.1, 0.15) is 59.3 Å². The van der Waals surface area contributed by atoms with Gasteiger partial charge in [0.05, 0.1) is 0 Å². The lowest BCUT2D eigenvalue weighted by atomic mass is 9.97. The second-order valence-electron chi connectivity index (χ2n) is 13.2. The minimum atomic E-state index is -0.860. The number of nitrogens with zero attached hydrogens (tertiary/aromatic N) is 3. The Morgan fingerprint density at radius 1 is 0.833 bits per heavy atom. The maximum atomic E-state index is 14.7. The molecule has 252 valence electrons. The molecular formula is C40H49N5O3. The van der Waals surface area contributed by atoms with Crippen molar-refractivity contribution in [2.24, 2.45) is 5.73 Å². The first-order valence-corrected chi connectivity index (χ1v) is 17.0. The standard InChI is InChI=1S/C40H49N5O3/c1-28(41)32-16-10-17-34(27-32)39(47)45(4)37(26-30-19-20-31-14-8-9-15-33(31)24-30)40(48)44(3)36(25-29-12-6-5-7-13-29)38(46)42-22-21-35-18-11-23-43(35)2/h5-10,12-17,19-20,24,27-28,35-37H,11,18,21-23,25-26,41H2,1-4H3,(H,42,46). The summed E-state index contributed by atoms with van der Waals surface area (Å²) in [4.78, 5) is 48.0. The molecule has 4 aromatic rings. The summed E-state index contributed by atoms with van der Waals surface area (Å²) in [5, 5.41) is 5.29. The van der Waals surface area contributed by atoms with Crippen molar-refractivity contribution in [3.05, 3.63) is 119 Å². The van der Waals surface area contributed by atoms with Gasteiger partial charge in [-0.05, 0) is 79.4 Å². The first-order valence-electron chi connectivity index (χ1n) is 17.0. The van der Waals surface area contributed by atoms with E-state index in [1.54, 1.807) is 26.2 Å². The molecule has 0 aliphatic carbocycles. The lowest BCUT2D eigenvalue weighted by Gasteiger charge is -2.35. The molecule has 3 amide bonds. The van der Waals surface area contributed by atoms with Gasteiger partial charge in [-0.1, -0.05) is 84.9 Å². The quantitative estimate of drug-likeness (QED) is 0.208. The fraction of sp³-hybridized carbons (Fsp3) is 0.375. The molecule has 1 saturated heterocycles. The Balaban J connectivity index is 1.43. The second-order valence-corrected chi connectivity index (χ2v) is 13.2. The van der Waals surface area contributed by atoms with Crippen molar-refractivity contribution in [2.75, 3.05) is 34.2 Å². The van der Waals surface area contributed by atoms with Crippen LogP contribution in [0.15, 0.2) is 97.1 Å². The van der Waals surface area contributed by atoms with Crippen molar-refractivity contribution in [3.8, 4) is 0 Å². The van der Waals surface area contributed by atoms with Crippen LogP contribution in [0, 0.1) is 0 Å². The molecule has 8 nitrogen and oxygen atoms in total. The third-order valence-electron chi connectivity index (χ3n) is 9.81. The maximum absolute atomic E-state index is 14.7. The molecule has 4 aromatic carbocycles. The Labute approximate surface area is 284 Å². The highest BCUT2D eigenvalue weighted by Crippen LogP contribution is 2.22. The third-order valence-corrected chi connectivity index (χ3v) is 9.81. The van der Waals surface area contributed by atoms with Gasteiger partial charge in [-0.25, -0.2) is 0 Å². The van der Waals surface area contributed by atoms with Gasteiger partial charge in [0.1, 0.15) is 12.1 Å². The lowest BCUT2D eigenvalue weighted by Crippen LogP contribution is -2.56. The van der Waals surface area contributed by atoms with E-state index < -0.39 is 12.1 Å². The average Bonchev–Trinajstić information content (AvgIpc) is 3.52. The smallest absolute Gasteiger partial charge is 0.254 e. The number of likely N-dealkylation sites (tertiary alicyclic amines) is 1. The van der Waals surface area contributed by atoms with E-state index in [-0.39, 0.29) is 30.2 Å². The first-order chi connectivity index (χ1) is 23.1. The fourth-order valence-electron chi connectivity index (χ4n) is 6.73. The van der Waals surface area contributed by atoms with E-state index in [4.69, 9.17) is 5.73 Å². The summed E-state index contributed by atoms with van der Waals surface area (Å²) in [6, 6.07) is 29.8. The van der Waals surface area contributed by atoms with E-state index >= 15 is 0 Å². The fourth-order valence-corrected chi connectivity index (χ4v) is 6.73. The molecule has 0 aromatic heterocycles. The molecule has 1 aliphatic rings. The van der Waals surface area contributed by atoms with Crippen LogP contribution in [0.3, 0.4) is 0 Å². The van der Waals surface area contributed by atoms with Crippen LogP contribution in [0.5, 0.6) is 0 Å². The normalized spacial score (nSPS) is 16.6. The van der Waals surface area contributed by atoms with Crippen LogP contribution in [0.2, 0.25) is 0 Å². The SMILES string of the molecule is CC(N)c1cccc(C(=O)N(C)C(Cc2ccc3ccccc3c2)C(=O)N(C)C(Cc2ccccc2)C(=O)NCCC2CCCN2C)c1. The summed E-state index contributed by atoms with van der Waals surface area (Å²) in [6.45, 7) is 3.49. The van der Waals surface area contributed by atoms with E-state index in [0.717, 1.165) is 46.8 Å². The zero-order valence-corrected chi connectivity index (χ0v) is 28.6. The Morgan fingerprint density at radius 2 is 1.54 bits per heavy atom. The molecule has 1 aliphatic heterocycles. The molecule has 48 heavy (non-hydrogen) atoms. The summed E-state index contributed by atoms with van der Waals surface area (Å²) in [5.41, 5.74) is 9.31. The number of amides is 3. The van der Waals surface area contributed by atoms with Crippen molar-refractivity contribution >= 4 is 28.5 Å². The number of benzene rings is 4. The van der Waals surface area contributed by atoms with Gasteiger partial charge in [-0.15, -0.1) is 0 Å². The molecular weight excluding hydrogens is 598 g/mol. The molecule has 8 heteroatoms. The van der Waals surface area contributed by atoms with E-state index in [1.165, 1.54) is 16.2 Å². The van der Waals surface area contributed by atoms with Crippen LogP contribution >= 0.6 is 0 Å². The summed E-state index contributed by atoms with van der Waals surface area (Å²) in [5.74, 6) is -0.776. The molecule has 1 heterocycles. The molecule has 0 radical (unpaired) electrons. The van der Waals surface area contributed by atoms with E-state index in [9.17, 15) is 14.4 Å². The van der Waals surface area contributed by atoms with Crippen LogP contribution < -0.4 is 11.1 Å². The average molecular weight is 648 g/mol. The minimum absolute atomic E-state index is 0.196. The van der Waals surface area contributed by atoms with Crippen LogP contribution in [0.25, 0.3) is 10.8 Å². The van der Waals surface area contributed by atoms with Crippen LogP contribution in [0.4, 0.5) is 0 Å². The Hall–Kier alpha value is -4.53. The van der Waals surface area contributed by atoms with Gasteiger partial charge in [0.25, 0.3) is 5.91 Å². The number of hydrogen-bond donors (Lipinski definition) is 2. The number of hydrogen-bond acceptors (Lipinski definition) is 5. The Bertz CT molecular complexity index is 1710. The number of fused-ring (bicyclic) bond motifs is 1. The molecule has 0 saturated carbocycles. The Kier molecular flexibility index (Phi) is 11.6. The zero-order chi connectivity index (χ0) is 34.2. The summed E-state index contributed by atoms with van der Waals surface area (Å²) < 4.78 is 0. The predicted molar refractivity (Wildman–Crippen MR) is 193 cm³/mol. The molecule has 4 unspecified atom stereocenters. The molecule has 5 rings (SSSR count). The summed E-state index contributed by atoms with van der Waals surface area (Å²) >= 11 is 0. The van der Waals surface area contributed by atoms with Crippen molar-refractivity contribution in [3.63, 3.8) is 0 Å². The summed E-state index contributed by atoms with van der Waals surface area (Å²) in [6.07, 6.45) is 3.80. The molecule has 0 spiro atoms. The topological polar surface area (TPSA) is 99.0 Å². The first kappa shape index (κ1) is 34.8. The van der Waals surface area contributed by atoms with Crippen LogP contribution in [-0.2, 0) is 22.4 Å². The van der Waals surface area contributed by atoms with Gasteiger partial charge in [0, 0.05) is 51.1 Å². The van der Waals surface area contributed by atoms with Gasteiger partial charge in [0.15, 0.2) is 0 Å². The van der Waals surface area contributed by atoms with Crippen molar-refractivity contribution in [1.82, 2.24) is 20.0 Å². The van der Waals surface area contributed by atoms with Crippen molar-refractivity contribution in [2.45, 2.75) is 63.2 Å². The number of nitrogens with two attached hydrogens (primary N) is 1. The molecule has 1 fully saturated rings. The molecule has 4 atom stereocenters. The third kappa shape index (κ3) is 8.48. The Morgan fingerprint density at radius 3 is 2.25 bits per heavy atom. The van der Waals surface area contributed by atoms with Gasteiger partial charge in [0.2, 0.25) is 11.8 Å². The minimum Gasteiger partial charge on any atom is -0.354 e. The maximum Gasteiger partial charge on any atom is 0.254 e. The van der Waals surface area contributed by atoms with Crippen molar-refractivity contribution < 1.29 is 14.4 Å². The number of likely N-dealkylation sites (N-methyl/N-ethyl adjacent to an activating group) is 2. The number of nitrogens with one attached hydrogen (secondary N) is 1. The number of rotatable bonds is 13. The van der Waals surface area contributed by atoms with Gasteiger partial charge in [-0.2, -0.15) is 0 Å². The molecule has 3 N–H and O–H groups in total. The van der Waals surface area contributed by atoms with E-state index in [2.05, 4.69) is 23.3 Å². The molecule has 0 bridgehead atoms. The van der Waals surface area contributed by atoms with Crippen molar-refractivity contribution in [1.29, 1.82) is 0 Å². The zero-order valence-electron chi connectivity index (χ0n) is 28.6. The van der Waals surface area contributed by atoms with Gasteiger partial charge < -0.3 is 25.8 Å². The highest BCUT2D eigenvalue weighted by atomic mass is 16.2. The van der Waals surface area contributed by atoms with E-state index in [1.807, 2.05) is 85.8 Å². The number of carbonyl (C=O) groups excluding carboxylic acids is 3. The number of carbonyl (C=O) groups is 3. The van der Waals surface area contributed by atoms with Gasteiger partial charge >= 0.3 is 0 Å². The van der Waals surface area contributed by atoms with Crippen LogP contribution in [-0.4, -0.2) is 84.8 Å². The predicted octanol–water partition coefficient (Wildman–Crippen LogP) is 5.21. The van der Waals surface area contributed by atoms with Gasteiger partial charge in [-0.3, -0.25) is 14.4 Å². The van der Waals surface area contributed by atoms with E-state index in [0.29, 0.717) is 24.6 Å².